The highest BCUT2D eigenvalue weighted by Gasteiger charge is 2.28. The normalized spacial score (nSPS) is 13.1. The van der Waals surface area contributed by atoms with Crippen LogP contribution in [-0.4, -0.2) is 50.0 Å². The van der Waals surface area contributed by atoms with Gasteiger partial charge in [-0.15, -0.1) is 0 Å². The van der Waals surface area contributed by atoms with E-state index in [1.807, 2.05) is 13.8 Å². The Labute approximate surface area is 212 Å². The summed E-state index contributed by atoms with van der Waals surface area (Å²) in [6.45, 7) is 5.52. The maximum absolute atomic E-state index is 14.3. The van der Waals surface area contributed by atoms with Gasteiger partial charge in [0.05, 0.1) is 11.9 Å². The average molecular weight is 526 g/mol. The quantitative estimate of drug-likeness (QED) is 0.446. The molecule has 0 heterocycles. The first kappa shape index (κ1) is 28.6. The lowest BCUT2D eigenvalue weighted by Crippen LogP contribution is -2.49. The van der Waals surface area contributed by atoms with E-state index >= 15 is 0 Å². The second-order valence-corrected chi connectivity index (χ2v) is 10.8. The summed E-state index contributed by atoms with van der Waals surface area (Å²) < 4.78 is 39.8. The van der Waals surface area contributed by atoms with Crippen LogP contribution in [0.4, 0.5) is 10.1 Å². The number of para-hydroxylation sites is 1. The number of carbonyl (C=O) groups is 2. The van der Waals surface area contributed by atoms with Gasteiger partial charge in [-0.2, -0.15) is 0 Å². The Morgan fingerprint density at radius 2 is 1.71 bits per heavy atom. The SMILES string of the molecule is CC[C@@H](C)NC(=O)[C@@H](C)N(Cc1ccccc1Cl)C(=O)CCCN(c1ccccc1F)S(C)(=O)=O. The molecular weight excluding hydrogens is 493 g/mol. The van der Waals surface area contributed by atoms with E-state index in [1.54, 1.807) is 37.3 Å². The van der Waals surface area contributed by atoms with Crippen LogP contribution >= 0.6 is 11.6 Å². The summed E-state index contributed by atoms with van der Waals surface area (Å²) in [6.07, 6.45) is 1.84. The van der Waals surface area contributed by atoms with Gasteiger partial charge < -0.3 is 10.2 Å². The van der Waals surface area contributed by atoms with Crippen molar-refractivity contribution in [3.8, 4) is 0 Å². The predicted octanol–water partition coefficient (Wildman–Crippen LogP) is 4.36. The van der Waals surface area contributed by atoms with E-state index in [4.69, 9.17) is 11.6 Å². The number of nitrogens with one attached hydrogen (secondary N) is 1. The Morgan fingerprint density at radius 3 is 2.31 bits per heavy atom. The number of amides is 2. The number of anilines is 1. The molecule has 192 valence electrons. The Bertz CT molecular complexity index is 1130. The molecule has 0 radical (unpaired) electrons. The predicted molar refractivity (Wildman–Crippen MR) is 137 cm³/mol. The smallest absolute Gasteiger partial charge is 0.242 e. The van der Waals surface area contributed by atoms with Crippen molar-refractivity contribution in [1.82, 2.24) is 10.2 Å². The average Bonchev–Trinajstić information content (AvgIpc) is 2.80. The lowest BCUT2D eigenvalue weighted by Gasteiger charge is -2.30. The molecule has 0 aliphatic heterocycles. The first-order valence-electron chi connectivity index (χ1n) is 11.5. The second-order valence-electron chi connectivity index (χ2n) is 8.50. The van der Waals surface area contributed by atoms with Crippen LogP contribution in [0.2, 0.25) is 5.02 Å². The van der Waals surface area contributed by atoms with Gasteiger partial charge in [-0.3, -0.25) is 13.9 Å². The third-order valence-corrected chi connectivity index (χ3v) is 7.29. The number of benzene rings is 2. The summed E-state index contributed by atoms with van der Waals surface area (Å²) >= 11 is 6.30. The zero-order valence-corrected chi connectivity index (χ0v) is 22.1. The molecule has 0 saturated carbocycles. The maximum Gasteiger partial charge on any atom is 0.242 e. The molecule has 0 aliphatic carbocycles. The Morgan fingerprint density at radius 1 is 1.09 bits per heavy atom. The van der Waals surface area contributed by atoms with Crippen molar-refractivity contribution in [3.63, 3.8) is 0 Å². The summed E-state index contributed by atoms with van der Waals surface area (Å²) in [5.74, 6) is -1.29. The minimum Gasteiger partial charge on any atom is -0.352 e. The topological polar surface area (TPSA) is 86.8 Å². The molecule has 2 atom stereocenters. The molecule has 35 heavy (non-hydrogen) atoms. The van der Waals surface area contributed by atoms with Crippen molar-refractivity contribution >= 4 is 39.1 Å². The monoisotopic (exact) mass is 525 g/mol. The lowest BCUT2D eigenvalue weighted by atomic mass is 10.1. The van der Waals surface area contributed by atoms with Gasteiger partial charge in [0.2, 0.25) is 21.8 Å². The minimum absolute atomic E-state index is 0.0358. The summed E-state index contributed by atoms with van der Waals surface area (Å²) in [6, 6.07) is 11.8. The Kier molecular flexibility index (Phi) is 10.5. The zero-order valence-electron chi connectivity index (χ0n) is 20.5. The minimum atomic E-state index is -3.77. The van der Waals surface area contributed by atoms with Gasteiger partial charge in [-0.1, -0.05) is 48.9 Å². The molecule has 0 bridgehead atoms. The number of rotatable bonds is 12. The van der Waals surface area contributed by atoms with Crippen LogP contribution in [0.25, 0.3) is 0 Å². The zero-order chi connectivity index (χ0) is 26.2. The van der Waals surface area contributed by atoms with Crippen LogP contribution in [0.15, 0.2) is 48.5 Å². The van der Waals surface area contributed by atoms with Gasteiger partial charge in [0, 0.05) is 30.6 Å². The van der Waals surface area contributed by atoms with Crippen molar-refractivity contribution in [2.24, 2.45) is 0 Å². The summed E-state index contributed by atoms with van der Waals surface area (Å²) in [4.78, 5) is 27.5. The highest BCUT2D eigenvalue weighted by molar-refractivity contribution is 7.92. The molecule has 2 aromatic rings. The van der Waals surface area contributed by atoms with E-state index in [2.05, 4.69) is 5.32 Å². The van der Waals surface area contributed by atoms with Gasteiger partial charge >= 0.3 is 0 Å². The van der Waals surface area contributed by atoms with Crippen molar-refractivity contribution in [3.05, 3.63) is 64.9 Å². The molecule has 0 fully saturated rings. The molecule has 2 aromatic carbocycles. The number of nitrogens with zero attached hydrogens (tertiary/aromatic N) is 2. The molecule has 2 rings (SSSR count). The number of hydrogen-bond donors (Lipinski definition) is 1. The maximum atomic E-state index is 14.3. The molecule has 2 amide bonds. The summed E-state index contributed by atoms with van der Waals surface area (Å²) in [5.41, 5.74) is 0.617. The fourth-order valence-electron chi connectivity index (χ4n) is 3.49. The van der Waals surface area contributed by atoms with Crippen LogP contribution in [0.3, 0.4) is 0 Å². The third-order valence-electron chi connectivity index (χ3n) is 5.74. The van der Waals surface area contributed by atoms with Crippen LogP contribution < -0.4 is 9.62 Å². The molecule has 7 nitrogen and oxygen atoms in total. The number of hydrogen-bond acceptors (Lipinski definition) is 4. The summed E-state index contributed by atoms with van der Waals surface area (Å²) in [5, 5.41) is 3.37. The first-order chi connectivity index (χ1) is 16.5. The number of carbonyl (C=O) groups excluding carboxylic acids is 2. The Balaban J connectivity index is 2.20. The molecular formula is C25H33ClFN3O4S. The summed E-state index contributed by atoms with van der Waals surface area (Å²) in [7, 11) is -3.77. The van der Waals surface area contributed by atoms with E-state index in [0.717, 1.165) is 17.0 Å². The first-order valence-corrected chi connectivity index (χ1v) is 13.7. The van der Waals surface area contributed by atoms with Crippen LogP contribution in [0, 0.1) is 5.82 Å². The fraction of sp³-hybridized carbons (Fsp3) is 0.440. The van der Waals surface area contributed by atoms with Crippen LogP contribution in [0.5, 0.6) is 0 Å². The largest absolute Gasteiger partial charge is 0.352 e. The number of halogens is 2. The molecule has 10 heteroatoms. The standard InChI is InChI=1S/C25H33ClFN3O4S/c1-5-18(2)28-25(32)19(3)29(17-20-11-6-7-12-21(20)26)24(31)15-10-16-30(35(4,33)34)23-14-9-8-13-22(23)27/h6-9,11-14,18-19H,5,10,15-17H2,1-4H3,(H,28,32)/t18-,19-/m1/s1. The molecule has 1 N–H and O–H groups in total. The highest BCUT2D eigenvalue weighted by Crippen LogP contribution is 2.23. The van der Waals surface area contributed by atoms with Gasteiger partial charge in [0.1, 0.15) is 11.9 Å². The van der Waals surface area contributed by atoms with E-state index in [9.17, 15) is 22.4 Å². The van der Waals surface area contributed by atoms with Gasteiger partial charge in [-0.05, 0) is 50.5 Å². The molecule has 0 aliphatic rings. The van der Waals surface area contributed by atoms with Crippen LogP contribution in [-0.2, 0) is 26.2 Å². The van der Waals surface area contributed by atoms with E-state index in [1.165, 1.54) is 23.1 Å². The van der Waals surface area contributed by atoms with E-state index < -0.39 is 21.9 Å². The van der Waals surface area contributed by atoms with Crippen molar-refractivity contribution in [2.45, 2.75) is 58.7 Å². The highest BCUT2D eigenvalue weighted by atomic mass is 35.5. The van der Waals surface area contributed by atoms with Crippen molar-refractivity contribution in [1.29, 1.82) is 0 Å². The van der Waals surface area contributed by atoms with Crippen molar-refractivity contribution < 1.29 is 22.4 Å². The third kappa shape index (κ3) is 8.21. The van der Waals surface area contributed by atoms with E-state index in [-0.39, 0.29) is 49.5 Å². The molecule has 0 spiro atoms. The van der Waals surface area contributed by atoms with Gasteiger partial charge in [0.15, 0.2) is 0 Å². The molecule has 0 saturated heterocycles. The Hall–Kier alpha value is -2.65. The van der Waals surface area contributed by atoms with Gasteiger partial charge in [-0.25, -0.2) is 12.8 Å². The van der Waals surface area contributed by atoms with Crippen molar-refractivity contribution in [2.75, 3.05) is 17.1 Å². The lowest BCUT2D eigenvalue weighted by molar-refractivity contribution is -0.140. The fourth-order valence-corrected chi connectivity index (χ4v) is 4.66. The second kappa shape index (κ2) is 12.9. The van der Waals surface area contributed by atoms with E-state index in [0.29, 0.717) is 10.6 Å². The van der Waals surface area contributed by atoms with Gasteiger partial charge in [0.25, 0.3) is 0 Å². The number of sulfonamides is 1. The molecule has 0 aromatic heterocycles. The molecule has 0 unspecified atom stereocenters. The van der Waals surface area contributed by atoms with Crippen LogP contribution in [0.1, 0.15) is 45.6 Å².